The van der Waals surface area contributed by atoms with Gasteiger partial charge in [0, 0.05) is 12.7 Å². The molecule has 1 unspecified atom stereocenters. The molecule has 4 nitrogen and oxygen atoms in total. The van der Waals surface area contributed by atoms with Crippen molar-refractivity contribution in [1.29, 1.82) is 0 Å². The first-order valence-corrected chi connectivity index (χ1v) is 4.30. The molecule has 14 heavy (non-hydrogen) atoms. The molecule has 0 aliphatic rings. The summed E-state index contributed by atoms with van der Waals surface area (Å²) >= 11 is 0. The van der Waals surface area contributed by atoms with Crippen molar-refractivity contribution in [2.45, 2.75) is 13.0 Å². The molecule has 0 heterocycles. The summed E-state index contributed by atoms with van der Waals surface area (Å²) in [4.78, 5) is 10.5. The molecule has 0 bridgehead atoms. The first kappa shape index (κ1) is 10.4. The Balaban J connectivity index is 2.64. The Morgan fingerprint density at radius 3 is 2.43 bits per heavy atom. The molecule has 1 aromatic carbocycles. The Labute approximate surface area is 82.5 Å². The maximum atomic E-state index is 10.5. The van der Waals surface area contributed by atoms with Crippen LogP contribution in [0.4, 0.5) is 5.69 Å². The number of carboxylic acids is 1. The first-order chi connectivity index (χ1) is 6.63. The van der Waals surface area contributed by atoms with Gasteiger partial charge in [-0.1, -0.05) is 0 Å². The molecule has 0 aliphatic carbocycles. The van der Waals surface area contributed by atoms with Gasteiger partial charge in [-0.15, -0.1) is 0 Å². The molecule has 4 heteroatoms. The molecule has 0 aromatic heterocycles. The van der Waals surface area contributed by atoms with Crippen LogP contribution in [0.25, 0.3) is 0 Å². The van der Waals surface area contributed by atoms with Gasteiger partial charge in [-0.25, -0.2) is 4.79 Å². The third kappa shape index (κ3) is 2.65. The maximum absolute atomic E-state index is 10.5. The highest BCUT2D eigenvalue weighted by Crippen LogP contribution is 2.16. The summed E-state index contributed by atoms with van der Waals surface area (Å²) in [7, 11) is 1.82. The second-order valence-electron chi connectivity index (χ2n) is 2.87. The van der Waals surface area contributed by atoms with Gasteiger partial charge in [-0.05, 0) is 31.2 Å². The van der Waals surface area contributed by atoms with E-state index in [1.165, 1.54) is 6.92 Å². The van der Waals surface area contributed by atoms with Crippen molar-refractivity contribution in [3.63, 3.8) is 0 Å². The van der Waals surface area contributed by atoms with Crippen LogP contribution in [0.5, 0.6) is 5.75 Å². The van der Waals surface area contributed by atoms with Crippen LogP contribution in [0.15, 0.2) is 24.3 Å². The molecule has 1 atom stereocenters. The lowest BCUT2D eigenvalue weighted by molar-refractivity contribution is -0.144. The largest absolute Gasteiger partial charge is 0.479 e. The highest BCUT2D eigenvalue weighted by atomic mass is 16.5. The van der Waals surface area contributed by atoms with Gasteiger partial charge < -0.3 is 15.2 Å². The van der Waals surface area contributed by atoms with Crippen molar-refractivity contribution in [3.05, 3.63) is 24.3 Å². The number of aliphatic carboxylic acids is 1. The molecule has 0 saturated carbocycles. The van der Waals surface area contributed by atoms with Gasteiger partial charge in [-0.2, -0.15) is 0 Å². The topological polar surface area (TPSA) is 58.6 Å². The summed E-state index contributed by atoms with van der Waals surface area (Å²) < 4.78 is 5.15. The third-order valence-electron chi connectivity index (χ3n) is 1.80. The molecule has 0 fully saturated rings. The number of carboxylic acid groups (broad SMARTS) is 1. The van der Waals surface area contributed by atoms with E-state index in [1.54, 1.807) is 12.1 Å². The predicted octanol–water partition coefficient (Wildman–Crippen LogP) is 1.58. The van der Waals surface area contributed by atoms with Gasteiger partial charge >= 0.3 is 5.97 Å². The maximum Gasteiger partial charge on any atom is 0.344 e. The molecule has 2 N–H and O–H groups in total. The van der Waals surface area contributed by atoms with E-state index >= 15 is 0 Å². The van der Waals surface area contributed by atoms with Crippen molar-refractivity contribution >= 4 is 11.7 Å². The molecule has 76 valence electrons. The SMILES string of the molecule is CNc1ccc(OC(C)C(=O)O)cc1. The summed E-state index contributed by atoms with van der Waals surface area (Å²) in [5.74, 6) is -0.415. The fraction of sp³-hybridized carbons (Fsp3) is 0.300. The van der Waals surface area contributed by atoms with Crippen molar-refractivity contribution in [3.8, 4) is 5.75 Å². The minimum atomic E-state index is -0.970. The Morgan fingerprint density at radius 1 is 1.43 bits per heavy atom. The van der Waals surface area contributed by atoms with Crippen molar-refractivity contribution in [2.24, 2.45) is 0 Å². The van der Waals surface area contributed by atoms with Crippen LogP contribution in [0.1, 0.15) is 6.92 Å². The minimum absolute atomic E-state index is 0.555. The molecular weight excluding hydrogens is 182 g/mol. The fourth-order valence-electron chi connectivity index (χ4n) is 0.955. The molecule has 0 amide bonds. The van der Waals surface area contributed by atoms with E-state index in [-0.39, 0.29) is 0 Å². The summed E-state index contributed by atoms with van der Waals surface area (Å²) in [5.41, 5.74) is 0.959. The third-order valence-corrected chi connectivity index (χ3v) is 1.80. The van der Waals surface area contributed by atoms with E-state index in [0.717, 1.165) is 5.69 Å². The monoisotopic (exact) mass is 195 g/mol. The van der Waals surface area contributed by atoms with E-state index < -0.39 is 12.1 Å². The number of carbonyl (C=O) groups is 1. The quantitative estimate of drug-likeness (QED) is 0.765. The van der Waals surface area contributed by atoms with Gasteiger partial charge in [0.25, 0.3) is 0 Å². The summed E-state index contributed by atoms with van der Waals surface area (Å²) in [6, 6.07) is 7.10. The van der Waals surface area contributed by atoms with E-state index in [1.807, 2.05) is 19.2 Å². The number of hydrogen-bond donors (Lipinski definition) is 2. The zero-order valence-electron chi connectivity index (χ0n) is 8.15. The lowest BCUT2D eigenvalue weighted by Crippen LogP contribution is -2.22. The predicted molar refractivity (Wildman–Crippen MR) is 53.7 cm³/mol. The number of benzene rings is 1. The molecule has 0 saturated heterocycles. The van der Waals surface area contributed by atoms with Crippen LogP contribution >= 0.6 is 0 Å². The lowest BCUT2D eigenvalue weighted by Gasteiger charge is -2.10. The summed E-state index contributed by atoms with van der Waals surface area (Å²) in [6.45, 7) is 1.49. The Kier molecular flexibility index (Phi) is 3.34. The standard InChI is InChI=1S/C10H13NO3/c1-7(10(12)13)14-9-5-3-8(11-2)4-6-9/h3-7,11H,1-2H3,(H,12,13). The average Bonchev–Trinajstić information content (AvgIpc) is 2.19. The molecule has 0 radical (unpaired) electrons. The van der Waals surface area contributed by atoms with Crippen LogP contribution in [-0.4, -0.2) is 24.2 Å². The molecule has 0 spiro atoms. The minimum Gasteiger partial charge on any atom is -0.479 e. The van der Waals surface area contributed by atoms with E-state index in [2.05, 4.69) is 5.32 Å². The highest BCUT2D eigenvalue weighted by Gasteiger charge is 2.11. The van der Waals surface area contributed by atoms with E-state index in [4.69, 9.17) is 9.84 Å². The molecule has 1 rings (SSSR count). The van der Waals surface area contributed by atoms with Crippen molar-refractivity contribution < 1.29 is 14.6 Å². The summed E-state index contributed by atoms with van der Waals surface area (Å²) in [6.07, 6.45) is -0.824. The number of rotatable bonds is 4. The zero-order valence-corrected chi connectivity index (χ0v) is 8.15. The van der Waals surface area contributed by atoms with E-state index in [0.29, 0.717) is 5.75 Å². The van der Waals surface area contributed by atoms with Gasteiger partial charge in [-0.3, -0.25) is 0 Å². The Bertz CT molecular complexity index is 308. The smallest absolute Gasteiger partial charge is 0.344 e. The van der Waals surface area contributed by atoms with Gasteiger partial charge in [0.1, 0.15) is 5.75 Å². The first-order valence-electron chi connectivity index (χ1n) is 4.30. The average molecular weight is 195 g/mol. The highest BCUT2D eigenvalue weighted by molar-refractivity contribution is 5.72. The number of ether oxygens (including phenoxy) is 1. The molecule has 0 aliphatic heterocycles. The zero-order chi connectivity index (χ0) is 10.6. The second-order valence-corrected chi connectivity index (χ2v) is 2.87. The fourth-order valence-corrected chi connectivity index (χ4v) is 0.955. The van der Waals surface area contributed by atoms with Crippen molar-refractivity contribution in [2.75, 3.05) is 12.4 Å². The van der Waals surface area contributed by atoms with Crippen molar-refractivity contribution in [1.82, 2.24) is 0 Å². The van der Waals surface area contributed by atoms with Crippen LogP contribution in [0.3, 0.4) is 0 Å². The normalized spacial score (nSPS) is 11.9. The number of anilines is 1. The number of nitrogens with one attached hydrogen (secondary N) is 1. The van der Waals surface area contributed by atoms with Crippen LogP contribution in [0, 0.1) is 0 Å². The van der Waals surface area contributed by atoms with E-state index in [9.17, 15) is 4.79 Å². The Hall–Kier alpha value is -1.71. The molecule has 1 aromatic rings. The Morgan fingerprint density at radius 2 is 2.00 bits per heavy atom. The van der Waals surface area contributed by atoms with Gasteiger partial charge in [0.15, 0.2) is 6.10 Å². The van der Waals surface area contributed by atoms with Crippen LogP contribution < -0.4 is 10.1 Å². The van der Waals surface area contributed by atoms with Gasteiger partial charge in [0.05, 0.1) is 0 Å². The summed E-state index contributed by atoms with van der Waals surface area (Å²) in [5, 5.41) is 11.6. The number of hydrogen-bond acceptors (Lipinski definition) is 3. The molecular formula is C10H13NO3. The second kappa shape index (κ2) is 4.50. The van der Waals surface area contributed by atoms with Crippen LogP contribution in [0.2, 0.25) is 0 Å². The van der Waals surface area contributed by atoms with Crippen LogP contribution in [-0.2, 0) is 4.79 Å². The van der Waals surface area contributed by atoms with Gasteiger partial charge in [0.2, 0.25) is 0 Å². The lowest BCUT2D eigenvalue weighted by atomic mass is 10.3.